The van der Waals surface area contributed by atoms with Gasteiger partial charge in [0.1, 0.15) is 5.82 Å². The van der Waals surface area contributed by atoms with Crippen LogP contribution in [0.2, 0.25) is 5.02 Å². The van der Waals surface area contributed by atoms with Crippen molar-refractivity contribution in [3.05, 3.63) is 76.4 Å². The summed E-state index contributed by atoms with van der Waals surface area (Å²) in [6.45, 7) is 0. The van der Waals surface area contributed by atoms with Crippen molar-refractivity contribution in [2.45, 2.75) is 17.9 Å². The van der Waals surface area contributed by atoms with Gasteiger partial charge in [0, 0.05) is 21.4 Å². The largest absolute Gasteiger partial charge is 0.310 e. The number of benzene rings is 2. The van der Waals surface area contributed by atoms with Gasteiger partial charge in [-0.05, 0) is 23.8 Å². The maximum atomic E-state index is 12.6. The molecule has 0 saturated heterocycles. The van der Waals surface area contributed by atoms with Crippen LogP contribution in [0, 0.1) is 0 Å². The van der Waals surface area contributed by atoms with Gasteiger partial charge in [0.2, 0.25) is 5.91 Å². The molecule has 7 heteroatoms. The predicted molar refractivity (Wildman–Crippen MR) is 103 cm³/mol. The minimum atomic E-state index is -0.974. The Morgan fingerprint density at radius 1 is 1.15 bits per heavy atom. The van der Waals surface area contributed by atoms with Crippen LogP contribution in [0.15, 0.2) is 54.6 Å². The first-order valence-corrected chi connectivity index (χ1v) is 10.0. The molecule has 26 heavy (non-hydrogen) atoms. The molecule has 0 aliphatic carbocycles. The van der Waals surface area contributed by atoms with Crippen molar-refractivity contribution < 1.29 is 9.00 Å². The highest BCUT2D eigenvalue weighted by Crippen LogP contribution is 2.31. The van der Waals surface area contributed by atoms with E-state index in [1.54, 1.807) is 16.8 Å². The number of carbonyl (C=O) groups is 1. The lowest BCUT2D eigenvalue weighted by Gasteiger charge is -2.11. The SMILES string of the molecule is O=C(Cc1ccccc1)Nc1c2c(nn1-c1cccc(Cl)c1)CS(=O)C2. The van der Waals surface area contributed by atoms with Gasteiger partial charge < -0.3 is 5.32 Å². The molecule has 1 amide bonds. The molecular weight excluding hydrogens is 370 g/mol. The third kappa shape index (κ3) is 3.43. The zero-order valence-corrected chi connectivity index (χ0v) is 15.4. The number of anilines is 1. The molecule has 5 nitrogen and oxygen atoms in total. The number of nitrogens with one attached hydrogen (secondary N) is 1. The fraction of sp³-hybridized carbons (Fsp3) is 0.158. The predicted octanol–water partition coefficient (Wildman–Crippen LogP) is 3.47. The van der Waals surface area contributed by atoms with E-state index < -0.39 is 10.8 Å². The van der Waals surface area contributed by atoms with Crippen molar-refractivity contribution in [2.24, 2.45) is 0 Å². The first-order valence-electron chi connectivity index (χ1n) is 8.15. The topological polar surface area (TPSA) is 64.0 Å². The lowest BCUT2D eigenvalue weighted by molar-refractivity contribution is -0.115. The lowest BCUT2D eigenvalue weighted by atomic mass is 10.1. The number of aromatic nitrogens is 2. The molecule has 0 fully saturated rings. The summed E-state index contributed by atoms with van der Waals surface area (Å²) < 4.78 is 13.6. The Balaban J connectivity index is 1.68. The van der Waals surface area contributed by atoms with Crippen LogP contribution in [0.4, 0.5) is 5.82 Å². The van der Waals surface area contributed by atoms with Gasteiger partial charge in [-0.1, -0.05) is 48.0 Å². The van der Waals surface area contributed by atoms with Crippen molar-refractivity contribution in [3.8, 4) is 5.69 Å². The summed E-state index contributed by atoms with van der Waals surface area (Å²) in [7, 11) is -0.974. The van der Waals surface area contributed by atoms with Crippen LogP contribution in [0.25, 0.3) is 5.69 Å². The van der Waals surface area contributed by atoms with E-state index in [0.717, 1.165) is 22.5 Å². The molecule has 0 bridgehead atoms. The van der Waals surface area contributed by atoms with Gasteiger partial charge >= 0.3 is 0 Å². The van der Waals surface area contributed by atoms with Gasteiger partial charge in [-0.15, -0.1) is 0 Å². The molecule has 0 saturated carbocycles. The van der Waals surface area contributed by atoms with Crippen molar-refractivity contribution in [2.75, 3.05) is 5.32 Å². The van der Waals surface area contributed by atoms with E-state index in [9.17, 15) is 9.00 Å². The second-order valence-electron chi connectivity index (χ2n) is 6.10. The van der Waals surface area contributed by atoms with E-state index in [1.807, 2.05) is 42.5 Å². The zero-order valence-electron chi connectivity index (χ0n) is 13.8. The Kier molecular flexibility index (Phi) is 4.61. The number of hydrogen-bond donors (Lipinski definition) is 1. The Labute approximate surface area is 158 Å². The normalized spacial score (nSPS) is 15.7. The molecule has 1 aliphatic heterocycles. The van der Waals surface area contributed by atoms with Gasteiger partial charge in [-0.25, -0.2) is 4.68 Å². The molecule has 2 heterocycles. The molecule has 1 aromatic heterocycles. The third-order valence-electron chi connectivity index (χ3n) is 4.19. The number of carbonyl (C=O) groups excluding carboxylic acids is 1. The van der Waals surface area contributed by atoms with E-state index >= 15 is 0 Å². The maximum Gasteiger partial charge on any atom is 0.229 e. The molecule has 4 rings (SSSR count). The summed E-state index contributed by atoms with van der Waals surface area (Å²) in [4.78, 5) is 12.6. The third-order valence-corrected chi connectivity index (χ3v) is 5.63. The first-order chi connectivity index (χ1) is 12.6. The van der Waals surface area contributed by atoms with Gasteiger partial charge in [0.05, 0.1) is 29.3 Å². The van der Waals surface area contributed by atoms with Crippen molar-refractivity contribution >= 4 is 34.1 Å². The summed E-state index contributed by atoms with van der Waals surface area (Å²) in [6.07, 6.45) is 0.263. The number of halogens is 1. The average Bonchev–Trinajstić information content (AvgIpc) is 3.13. The standard InChI is InChI=1S/C19H16ClN3O2S/c20-14-7-4-8-15(10-14)23-19(16-11-26(25)12-17(16)22-23)21-18(24)9-13-5-2-1-3-6-13/h1-8,10H,9,11-12H2,(H,21,24). The van der Waals surface area contributed by atoms with Crippen LogP contribution in [0.3, 0.4) is 0 Å². The monoisotopic (exact) mass is 385 g/mol. The Bertz CT molecular complexity index is 1000. The van der Waals surface area contributed by atoms with Crippen molar-refractivity contribution in [1.29, 1.82) is 0 Å². The van der Waals surface area contributed by atoms with Crippen LogP contribution in [0.1, 0.15) is 16.8 Å². The second-order valence-corrected chi connectivity index (χ2v) is 8.00. The Morgan fingerprint density at radius 2 is 1.96 bits per heavy atom. The first kappa shape index (κ1) is 17.0. The Morgan fingerprint density at radius 3 is 2.73 bits per heavy atom. The molecule has 1 N–H and O–H groups in total. The fourth-order valence-corrected chi connectivity index (χ4v) is 4.46. The van der Waals surface area contributed by atoms with Crippen LogP contribution in [-0.4, -0.2) is 19.9 Å². The van der Waals surface area contributed by atoms with Crippen LogP contribution < -0.4 is 5.32 Å². The second kappa shape index (κ2) is 7.05. The van der Waals surface area contributed by atoms with Crippen molar-refractivity contribution in [1.82, 2.24) is 9.78 Å². The van der Waals surface area contributed by atoms with E-state index in [1.165, 1.54) is 0 Å². The summed E-state index contributed by atoms with van der Waals surface area (Å²) in [5.41, 5.74) is 3.29. The highest BCUT2D eigenvalue weighted by molar-refractivity contribution is 7.83. The van der Waals surface area contributed by atoms with Gasteiger partial charge in [-0.3, -0.25) is 9.00 Å². The minimum Gasteiger partial charge on any atom is -0.310 e. The quantitative estimate of drug-likeness (QED) is 0.747. The van der Waals surface area contributed by atoms with Crippen LogP contribution >= 0.6 is 11.6 Å². The van der Waals surface area contributed by atoms with Crippen LogP contribution in [0.5, 0.6) is 0 Å². The molecule has 3 aromatic rings. The molecule has 132 valence electrons. The van der Waals surface area contributed by atoms with E-state index in [0.29, 0.717) is 22.3 Å². The number of amides is 1. The summed E-state index contributed by atoms with van der Waals surface area (Å²) >= 11 is 6.10. The highest BCUT2D eigenvalue weighted by atomic mass is 35.5. The van der Waals surface area contributed by atoms with Gasteiger partial charge in [0.25, 0.3) is 0 Å². The molecule has 1 atom stereocenters. The number of fused-ring (bicyclic) bond motifs is 1. The Hall–Kier alpha value is -2.44. The van der Waals surface area contributed by atoms with Crippen molar-refractivity contribution in [3.63, 3.8) is 0 Å². The van der Waals surface area contributed by atoms with Gasteiger partial charge in [-0.2, -0.15) is 5.10 Å². The van der Waals surface area contributed by atoms with Gasteiger partial charge in [0.15, 0.2) is 0 Å². The summed E-state index contributed by atoms with van der Waals surface area (Å²) in [6, 6.07) is 16.8. The molecular formula is C19H16ClN3O2S. The smallest absolute Gasteiger partial charge is 0.229 e. The maximum absolute atomic E-state index is 12.6. The van der Waals surface area contributed by atoms with E-state index in [2.05, 4.69) is 10.4 Å². The average molecular weight is 386 g/mol. The summed E-state index contributed by atoms with van der Waals surface area (Å²) in [5.74, 6) is 1.25. The molecule has 1 unspecified atom stereocenters. The molecule has 2 aromatic carbocycles. The number of hydrogen-bond acceptors (Lipinski definition) is 3. The lowest BCUT2D eigenvalue weighted by Crippen LogP contribution is -2.18. The molecule has 0 radical (unpaired) electrons. The summed E-state index contributed by atoms with van der Waals surface area (Å²) in [5, 5.41) is 8.11. The van der Waals surface area contributed by atoms with E-state index in [-0.39, 0.29) is 12.3 Å². The van der Waals surface area contributed by atoms with Crippen LogP contribution in [-0.2, 0) is 33.5 Å². The highest BCUT2D eigenvalue weighted by Gasteiger charge is 2.28. The molecule has 1 aliphatic rings. The minimum absolute atomic E-state index is 0.139. The zero-order chi connectivity index (χ0) is 18.1. The number of rotatable bonds is 4. The molecule has 0 spiro atoms. The number of nitrogens with zero attached hydrogens (tertiary/aromatic N) is 2. The van der Waals surface area contributed by atoms with E-state index in [4.69, 9.17) is 11.6 Å². The fourth-order valence-electron chi connectivity index (χ4n) is 3.01.